The van der Waals surface area contributed by atoms with Gasteiger partial charge in [-0.3, -0.25) is 4.79 Å². The molecule has 0 aliphatic rings. The standard InChI is InChI=1S/C18H22ClN3O6S/c1-9(13(16(23)24)20-17(25)18(2,3)4)15-21-14(22-28-15)11-7-6-10(8-12(11)19)29(5,26)27/h6-9,13H,1-5H3,(H,20,25)(H,23,24)/t9-,13-/m0/s1. The molecule has 0 saturated heterocycles. The highest BCUT2D eigenvalue weighted by atomic mass is 35.5. The highest BCUT2D eigenvalue weighted by molar-refractivity contribution is 7.90. The van der Waals surface area contributed by atoms with Gasteiger partial charge in [-0.05, 0) is 18.2 Å². The first-order valence-corrected chi connectivity index (χ1v) is 10.9. The molecule has 0 radical (unpaired) electrons. The molecule has 1 amide bonds. The number of benzene rings is 1. The number of nitrogens with zero attached hydrogens (tertiary/aromatic N) is 2. The van der Waals surface area contributed by atoms with Crippen molar-refractivity contribution in [2.75, 3.05) is 6.26 Å². The van der Waals surface area contributed by atoms with Crippen LogP contribution in [-0.4, -0.2) is 47.8 Å². The van der Waals surface area contributed by atoms with Crippen LogP contribution in [0.3, 0.4) is 0 Å². The summed E-state index contributed by atoms with van der Waals surface area (Å²) in [6.07, 6.45) is 1.06. The molecule has 0 fully saturated rings. The number of aromatic nitrogens is 2. The van der Waals surface area contributed by atoms with Crippen molar-refractivity contribution < 1.29 is 27.6 Å². The molecule has 0 spiro atoms. The van der Waals surface area contributed by atoms with Crippen LogP contribution in [0.2, 0.25) is 5.02 Å². The summed E-state index contributed by atoms with van der Waals surface area (Å²) < 4.78 is 28.4. The summed E-state index contributed by atoms with van der Waals surface area (Å²) in [4.78, 5) is 28.1. The number of hydrogen-bond donors (Lipinski definition) is 2. The van der Waals surface area contributed by atoms with E-state index in [1.165, 1.54) is 25.1 Å². The molecule has 2 aromatic rings. The summed E-state index contributed by atoms with van der Waals surface area (Å²) in [5.41, 5.74) is -0.450. The van der Waals surface area contributed by atoms with Gasteiger partial charge in [0.05, 0.1) is 15.8 Å². The Morgan fingerprint density at radius 1 is 1.28 bits per heavy atom. The molecule has 2 rings (SSSR count). The van der Waals surface area contributed by atoms with Gasteiger partial charge < -0.3 is 14.9 Å². The van der Waals surface area contributed by atoms with Crippen molar-refractivity contribution in [2.24, 2.45) is 5.41 Å². The van der Waals surface area contributed by atoms with Crippen LogP contribution in [0.4, 0.5) is 0 Å². The first-order chi connectivity index (χ1) is 13.2. The molecule has 1 aromatic heterocycles. The second-order valence-electron chi connectivity index (χ2n) is 7.70. The van der Waals surface area contributed by atoms with Gasteiger partial charge in [0.25, 0.3) is 0 Å². The number of hydrogen-bond acceptors (Lipinski definition) is 7. The monoisotopic (exact) mass is 443 g/mol. The average molecular weight is 444 g/mol. The summed E-state index contributed by atoms with van der Waals surface area (Å²) in [5, 5.41) is 15.9. The molecule has 0 bridgehead atoms. The van der Waals surface area contributed by atoms with E-state index in [1.807, 2.05) is 0 Å². The number of carboxylic acids is 1. The van der Waals surface area contributed by atoms with Crippen molar-refractivity contribution in [3.63, 3.8) is 0 Å². The van der Waals surface area contributed by atoms with Gasteiger partial charge in [-0.25, -0.2) is 13.2 Å². The maximum absolute atomic E-state index is 12.2. The molecule has 0 aliphatic carbocycles. The molecule has 1 aromatic carbocycles. The highest BCUT2D eigenvalue weighted by Gasteiger charge is 2.34. The number of sulfone groups is 1. The summed E-state index contributed by atoms with van der Waals surface area (Å²) in [5.74, 6) is -2.44. The number of aliphatic carboxylic acids is 1. The van der Waals surface area contributed by atoms with Crippen molar-refractivity contribution >= 4 is 33.3 Å². The van der Waals surface area contributed by atoms with Gasteiger partial charge in [0, 0.05) is 17.2 Å². The van der Waals surface area contributed by atoms with Crippen LogP contribution in [0, 0.1) is 5.41 Å². The molecule has 158 valence electrons. The SMILES string of the molecule is C[C@H](c1nc(-c2ccc(S(C)(=O)=O)cc2Cl)no1)[C@H](NC(=O)C(C)(C)C)C(=O)O. The van der Waals surface area contributed by atoms with Crippen LogP contribution >= 0.6 is 11.6 Å². The van der Waals surface area contributed by atoms with Gasteiger partial charge in [0.15, 0.2) is 9.84 Å². The van der Waals surface area contributed by atoms with Crippen LogP contribution in [0.25, 0.3) is 11.4 Å². The van der Waals surface area contributed by atoms with Crippen molar-refractivity contribution in [1.82, 2.24) is 15.5 Å². The van der Waals surface area contributed by atoms with Gasteiger partial charge in [-0.1, -0.05) is 44.5 Å². The zero-order valence-corrected chi connectivity index (χ0v) is 18.1. The van der Waals surface area contributed by atoms with Crippen molar-refractivity contribution in [3.8, 4) is 11.4 Å². The Bertz CT molecular complexity index is 1040. The average Bonchev–Trinajstić information content (AvgIpc) is 3.06. The van der Waals surface area contributed by atoms with Gasteiger partial charge in [-0.15, -0.1) is 0 Å². The van der Waals surface area contributed by atoms with Gasteiger partial charge in [0.1, 0.15) is 6.04 Å². The van der Waals surface area contributed by atoms with E-state index in [0.29, 0.717) is 5.56 Å². The number of carboxylic acid groups (broad SMARTS) is 1. The minimum atomic E-state index is -3.43. The number of carbonyl (C=O) groups is 2. The Labute approximate surface area is 173 Å². The van der Waals surface area contributed by atoms with E-state index in [2.05, 4.69) is 15.5 Å². The number of amides is 1. The van der Waals surface area contributed by atoms with Gasteiger partial charge in [0.2, 0.25) is 17.6 Å². The van der Waals surface area contributed by atoms with E-state index in [4.69, 9.17) is 16.1 Å². The lowest BCUT2D eigenvalue weighted by Gasteiger charge is -2.24. The first kappa shape index (κ1) is 22.8. The lowest BCUT2D eigenvalue weighted by Crippen LogP contribution is -2.48. The Hall–Kier alpha value is -2.46. The van der Waals surface area contributed by atoms with Crippen LogP contribution in [-0.2, 0) is 19.4 Å². The maximum atomic E-state index is 12.2. The largest absolute Gasteiger partial charge is 0.480 e. The molecule has 1 heterocycles. The number of nitrogens with one attached hydrogen (secondary N) is 1. The minimum Gasteiger partial charge on any atom is -0.480 e. The van der Waals surface area contributed by atoms with E-state index in [0.717, 1.165) is 6.26 Å². The second-order valence-corrected chi connectivity index (χ2v) is 10.1. The smallest absolute Gasteiger partial charge is 0.327 e. The van der Waals surface area contributed by atoms with E-state index in [1.54, 1.807) is 20.8 Å². The predicted molar refractivity (Wildman–Crippen MR) is 105 cm³/mol. The van der Waals surface area contributed by atoms with Crippen LogP contribution < -0.4 is 5.32 Å². The summed E-state index contributed by atoms with van der Waals surface area (Å²) in [6.45, 7) is 6.53. The fraction of sp³-hybridized carbons (Fsp3) is 0.444. The fourth-order valence-electron chi connectivity index (χ4n) is 2.34. The number of halogens is 1. The van der Waals surface area contributed by atoms with Crippen LogP contribution in [0.1, 0.15) is 39.5 Å². The molecule has 9 nitrogen and oxygen atoms in total. The molecule has 0 aliphatic heterocycles. The third-order valence-corrected chi connectivity index (χ3v) is 5.60. The zero-order valence-electron chi connectivity index (χ0n) is 16.6. The second kappa shape index (κ2) is 8.11. The van der Waals surface area contributed by atoms with Gasteiger partial charge in [-0.2, -0.15) is 4.98 Å². The number of rotatable bonds is 6. The van der Waals surface area contributed by atoms with Crippen molar-refractivity contribution in [3.05, 3.63) is 29.1 Å². The van der Waals surface area contributed by atoms with Crippen LogP contribution in [0.15, 0.2) is 27.6 Å². The predicted octanol–water partition coefficient (Wildman–Crippen LogP) is 2.51. The molecular weight excluding hydrogens is 422 g/mol. The Kier molecular flexibility index (Phi) is 6.39. The summed E-state index contributed by atoms with van der Waals surface area (Å²) >= 11 is 6.15. The number of carbonyl (C=O) groups excluding carboxylic acids is 1. The summed E-state index contributed by atoms with van der Waals surface area (Å²) in [6, 6.07) is 2.79. The first-order valence-electron chi connectivity index (χ1n) is 8.59. The summed E-state index contributed by atoms with van der Waals surface area (Å²) in [7, 11) is -3.43. The molecular formula is C18H22ClN3O6S. The minimum absolute atomic E-state index is 0.00938. The Balaban J connectivity index is 2.32. The van der Waals surface area contributed by atoms with E-state index >= 15 is 0 Å². The molecule has 0 unspecified atom stereocenters. The normalized spacial score (nSPS) is 14.3. The maximum Gasteiger partial charge on any atom is 0.327 e. The topological polar surface area (TPSA) is 139 Å². The highest BCUT2D eigenvalue weighted by Crippen LogP contribution is 2.30. The lowest BCUT2D eigenvalue weighted by atomic mass is 9.93. The molecule has 2 N–H and O–H groups in total. The molecule has 2 atom stereocenters. The van der Waals surface area contributed by atoms with Gasteiger partial charge >= 0.3 is 5.97 Å². The van der Waals surface area contributed by atoms with E-state index in [-0.39, 0.29) is 21.6 Å². The molecule has 0 saturated carbocycles. The van der Waals surface area contributed by atoms with Crippen LogP contribution in [0.5, 0.6) is 0 Å². The third kappa shape index (κ3) is 5.33. The zero-order chi connectivity index (χ0) is 22.1. The van der Waals surface area contributed by atoms with E-state index < -0.39 is 39.1 Å². The molecule has 29 heavy (non-hydrogen) atoms. The van der Waals surface area contributed by atoms with Crippen molar-refractivity contribution in [2.45, 2.75) is 44.6 Å². The van der Waals surface area contributed by atoms with E-state index in [9.17, 15) is 23.1 Å². The molecule has 11 heteroatoms. The quantitative estimate of drug-likeness (QED) is 0.693. The Morgan fingerprint density at radius 2 is 1.90 bits per heavy atom. The fourth-order valence-corrected chi connectivity index (χ4v) is 3.32. The third-order valence-electron chi connectivity index (χ3n) is 4.17. The lowest BCUT2D eigenvalue weighted by molar-refractivity contribution is -0.144. The van der Waals surface area contributed by atoms with Crippen molar-refractivity contribution in [1.29, 1.82) is 0 Å². The Morgan fingerprint density at radius 3 is 2.38 bits per heavy atom.